The quantitative estimate of drug-likeness (QED) is 0.881. The van der Waals surface area contributed by atoms with E-state index in [-0.39, 0.29) is 0 Å². The van der Waals surface area contributed by atoms with Gasteiger partial charge in [0, 0.05) is 12.2 Å². The summed E-state index contributed by atoms with van der Waals surface area (Å²) in [5, 5.41) is 3.42. The maximum atomic E-state index is 5.18. The highest BCUT2D eigenvalue weighted by atomic mass is 79.9. The summed E-state index contributed by atoms with van der Waals surface area (Å²) in [5.41, 5.74) is 1.16. The number of ether oxygens (including phenoxy) is 1. The van der Waals surface area contributed by atoms with Crippen molar-refractivity contribution in [3.05, 3.63) is 22.7 Å². The molecule has 0 spiro atoms. The smallest absolute Gasteiger partial charge is 0.133 e. The maximum Gasteiger partial charge on any atom is 0.133 e. The first-order valence-corrected chi connectivity index (χ1v) is 6.16. The summed E-state index contributed by atoms with van der Waals surface area (Å²) in [5.74, 6) is 1.86. The number of methoxy groups -OCH3 is 1. The fourth-order valence-corrected chi connectivity index (χ4v) is 2.14. The van der Waals surface area contributed by atoms with Crippen molar-refractivity contribution in [1.82, 2.24) is 0 Å². The van der Waals surface area contributed by atoms with Crippen molar-refractivity contribution in [3.63, 3.8) is 0 Å². The molecule has 0 bridgehead atoms. The monoisotopic (exact) mass is 269 g/mol. The molecule has 0 amide bonds. The molecule has 1 aromatic carbocycles. The number of hydrogen-bond donors (Lipinski definition) is 1. The van der Waals surface area contributed by atoms with Gasteiger partial charge in [-0.3, -0.25) is 0 Å². The van der Waals surface area contributed by atoms with Crippen LogP contribution in [0.15, 0.2) is 22.7 Å². The first kappa shape index (κ1) is 10.8. The van der Waals surface area contributed by atoms with E-state index in [0.29, 0.717) is 0 Å². The Morgan fingerprint density at radius 3 is 2.87 bits per heavy atom. The molecule has 1 fully saturated rings. The zero-order chi connectivity index (χ0) is 10.7. The highest BCUT2D eigenvalue weighted by molar-refractivity contribution is 9.10. The molecule has 2 nitrogen and oxygen atoms in total. The van der Waals surface area contributed by atoms with Gasteiger partial charge in [-0.2, -0.15) is 0 Å². The Balaban J connectivity index is 1.87. The minimum absolute atomic E-state index is 0.878. The number of nitrogens with one attached hydrogen (secondary N) is 1. The second-order valence-electron chi connectivity index (χ2n) is 4.01. The summed E-state index contributed by atoms with van der Waals surface area (Å²) in [6.07, 6.45) is 4.14. The lowest BCUT2D eigenvalue weighted by molar-refractivity contribution is 0.412. The fourth-order valence-electron chi connectivity index (χ4n) is 1.60. The standard InChI is InChI=1S/C12H16BrNO/c1-15-12-5-4-10(8-11(12)13)14-7-6-9-2-3-9/h4-5,8-9,14H,2-3,6-7H2,1H3. The molecule has 15 heavy (non-hydrogen) atoms. The Kier molecular flexibility index (Phi) is 3.52. The van der Waals surface area contributed by atoms with Gasteiger partial charge in [-0.1, -0.05) is 12.8 Å². The van der Waals surface area contributed by atoms with Crippen LogP contribution in [0.2, 0.25) is 0 Å². The number of anilines is 1. The molecule has 0 atom stereocenters. The average Bonchev–Trinajstić information content (AvgIpc) is 3.02. The summed E-state index contributed by atoms with van der Waals surface area (Å²) in [7, 11) is 1.68. The zero-order valence-corrected chi connectivity index (χ0v) is 10.5. The predicted octanol–water partition coefficient (Wildman–Crippen LogP) is 3.67. The first-order chi connectivity index (χ1) is 7.29. The van der Waals surface area contributed by atoms with Gasteiger partial charge in [-0.05, 0) is 46.5 Å². The van der Waals surface area contributed by atoms with Crippen LogP contribution in [-0.2, 0) is 0 Å². The molecular weight excluding hydrogens is 254 g/mol. The molecule has 1 aliphatic carbocycles. The Labute approximate surface area is 99.1 Å². The van der Waals surface area contributed by atoms with E-state index < -0.39 is 0 Å². The molecule has 0 heterocycles. The van der Waals surface area contributed by atoms with Crippen LogP contribution in [0.3, 0.4) is 0 Å². The third-order valence-electron chi connectivity index (χ3n) is 2.73. The third-order valence-corrected chi connectivity index (χ3v) is 3.35. The van der Waals surface area contributed by atoms with Crippen molar-refractivity contribution >= 4 is 21.6 Å². The summed E-state index contributed by atoms with van der Waals surface area (Å²) < 4.78 is 6.18. The van der Waals surface area contributed by atoms with Gasteiger partial charge in [0.15, 0.2) is 0 Å². The van der Waals surface area contributed by atoms with Crippen LogP contribution in [0, 0.1) is 5.92 Å². The molecule has 2 rings (SSSR count). The Morgan fingerprint density at radius 1 is 1.47 bits per heavy atom. The molecule has 3 heteroatoms. The summed E-state index contributed by atoms with van der Waals surface area (Å²) in [6, 6.07) is 6.09. The van der Waals surface area contributed by atoms with E-state index in [0.717, 1.165) is 28.4 Å². The SMILES string of the molecule is COc1ccc(NCCC2CC2)cc1Br. The lowest BCUT2D eigenvalue weighted by Gasteiger charge is -2.08. The van der Waals surface area contributed by atoms with E-state index in [1.54, 1.807) is 7.11 Å². The minimum Gasteiger partial charge on any atom is -0.496 e. The van der Waals surface area contributed by atoms with Crippen LogP contribution in [-0.4, -0.2) is 13.7 Å². The maximum absolute atomic E-state index is 5.18. The van der Waals surface area contributed by atoms with Crippen molar-refractivity contribution in [3.8, 4) is 5.75 Å². The van der Waals surface area contributed by atoms with E-state index in [1.807, 2.05) is 6.07 Å². The largest absolute Gasteiger partial charge is 0.496 e. The van der Waals surface area contributed by atoms with E-state index in [1.165, 1.54) is 19.3 Å². The molecule has 0 unspecified atom stereocenters. The van der Waals surface area contributed by atoms with E-state index in [2.05, 4.69) is 33.4 Å². The van der Waals surface area contributed by atoms with Crippen molar-refractivity contribution < 1.29 is 4.74 Å². The molecule has 0 radical (unpaired) electrons. The second-order valence-corrected chi connectivity index (χ2v) is 4.86. The van der Waals surface area contributed by atoms with Gasteiger partial charge < -0.3 is 10.1 Å². The first-order valence-electron chi connectivity index (χ1n) is 5.37. The van der Waals surface area contributed by atoms with Crippen molar-refractivity contribution in [1.29, 1.82) is 0 Å². The van der Waals surface area contributed by atoms with Gasteiger partial charge in [-0.15, -0.1) is 0 Å². The van der Waals surface area contributed by atoms with Crippen molar-refractivity contribution in [2.24, 2.45) is 5.92 Å². The third kappa shape index (κ3) is 3.13. The van der Waals surface area contributed by atoms with E-state index in [4.69, 9.17) is 4.74 Å². The van der Waals surface area contributed by atoms with Crippen LogP contribution in [0.5, 0.6) is 5.75 Å². The van der Waals surface area contributed by atoms with E-state index >= 15 is 0 Å². The molecular formula is C12H16BrNO. The molecule has 82 valence electrons. The molecule has 0 aromatic heterocycles. The zero-order valence-electron chi connectivity index (χ0n) is 8.92. The van der Waals surface area contributed by atoms with Crippen LogP contribution in [0.4, 0.5) is 5.69 Å². The lowest BCUT2D eigenvalue weighted by atomic mass is 10.2. The summed E-state index contributed by atoms with van der Waals surface area (Å²) >= 11 is 3.48. The van der Waals surface area contributed by atoms with Gasteiger partial charge in [0.25, 0.3) is 0 Å². The Bertz CT molecular complexity index is 336. The van der Waals surface area contributed by atoms with Gasteiger partial charge in [-0.25, -0.2) is 0 Å². The lowest BCUT2D eigenvalue weighted by Crippen LogP contribution is -2.02. The number of rotatable bonds is 5. The van der Waals surface area contributed by atoms with Crippen LogP contribution >= 0.6 is 15.9 Å². The summed E-state index contributed by atoms with van der Waals surface area (Å²) in [6.45, 7) is 1.07. The second kappa shape index (κ2) is 4.88. The van der Waals surface area contributed by atoms with Gasteiger partial charge in [0.1, 0.15) is 5.75 Å². The van der Waals surface area contributed by atoms with Gasteiger partial charge in [0.05, 0.1) is 11.6 Å². The van der Waals surface area contributed by atoms with Crippen molar-refractivity contribution in [2.75, 3.05) is 19.0 Å². The Hall–Kier alpha value is -0.700. The van der Waals surface area contributed by atoms with Crippen LogP contribution < -0.4 is 10.1 Å². The molecule has 0 saturated heterocycles. The van der Waals surface area contributed by atoms with Gasteiger partial charge >= 0.3 is 0 Å². The molecule has 1 aliphatic rings. The number of halogens is 1. The average molecular weight is 270 g/mol. The minimum atomic E-state index is 0.878. The topological polar surface area (TPSA) is 21.3 Å². The molecule has 0 aliphatic heterocycles. The number of benzene rings is 1. The molecule has 1 N–H and O–H groups in total. The molecule has 1 saturated carbocycles. The Morgan fingerprint density at radius 2 is 2.27 bits per heavy atom. The normalized spacial score (nSPS) is 15.1. The predicted molar refractivity (Wildman–Crippen MR) is 66.5 cm³/mol. The van der Waals surface area contributed by atoms with Crippen LogP contribution in [0.25, 0.3) is 0 Å². The molecule has 1 aromatic rings. The fraction of sp³-hybridized carbons (Fsp3) is 0.500. The van der Waals surface area contributed by atoms with Crippen molar-refractivity contribution in [2.45, 2.75) is 19.3 Å². The highest BCUT2D eigenvalue weighted by Gasteiger charge is 2.20. The number of hydrogen-bond acceptors (Lipinski definition) is 2. The highest BCUT2D eigenvalue weighted by Crippen LogP contribution is 2.32. The van der Waals surface area contributed by atoms with Crippen LogP contribution in [0.1, 0.15) is 19.3 Å². The van der Waals surface area contributed by atoms with E-state index in [9.17, 15) is 0 Å². The van der Waals surface area contributed by atoms with Gasteiger partial charge in [0.2, 0.25) is 0 Å². The summed E-state index contributed by atoms with van der Waals surface area (Å²) in [4.78, 5) is 0.